The molecule has 1 aromatic heterocycles. The predicted octanol–water partition coefficient (Wildman–Crippen LogP) is 1.39. The molecular weight excluding hydrogens is 224 g/mol. The molecule has 18 heavy (non-hydrogen) atoms. The molecule has 1 N–H and O–H groups in total. The lowest BCUT2D eigenvalue weighted by molar-refractivity contribution is 0.356. The van der Waals surface area contributed by atoms with Gasteiger partial charge in [0.15, 0.2) is 0 Å². The van der Waals surface area contributed by atoms with Crippen LogP contribution in [0.15, 0.2) is 18.2 Å². The molecule has 0 bridgehead atoms. The lowest BCUT2D eigenvalue weighted by Gasteiger charge is -2.36. The van der Waals surface area contributed by atoms with E-state index in [9.17, 15) is 0 Å². The second kappa shape index (κ2) is 3.96. The number of hydrogen-bond acceptors (Lipinski definition) is 4. The number of anilines is 1. The van der Waals surface area contributed by atoms with E-state index >= 15 is 0 Å². The van der Waals surface area contributed by atoms with Gasteiger partial charge in [0.05, 0.1) is 0 Å². The van der Waals surface area contributed by atoms with Crippen LogP contribution in [-0.4, -0.2) is 30.2 Å². The van der Waals surface area contributed by atoms with E-state index in [1.165, 1.54) is 0 Å². The van der Waals surface area contributed by atoms with E-state index in [2.05, 4.69) is 35.1 Å². The van der Waals surface area contributed by atoms with Gasteiger partial charge in [-0.1, -0.05) is 6.07 Å². The fourth-order valence-corrected chi connectivity index (χ4v) is 3.45. The molecule has 1 aromatic rings. The molecule has 94 valence electrons. The molecule has 0 spiro atoms. The molecule has 3 heterocycles. The summed E-state index contributed by atoms with van der Waals surface area (Å²) in [6, 6.07) is 7.81. The Morgan fingerprint density at radius 3 is 3.00 bits per heavy atom. The lowest BCUT2D eigenvalue weighted by atomic mass is 9.85. The number of pyridine rings is 1. The van der Waals surface area contributed by atoms with E-state index in [0.717, 1.165) is 25.5 Å². The van der Waals surface area contributed by atoms with Crippen LogP contribution in [0.1, 0.15) is 19.5 Å². The molecule has 2 atom stereocenters. The van der Waals surface area contributed by atoms with E-state index in [4.69, 9.17) is 5.26 Å². The number of aromatic nitrogens is 1. The highest BCUT2D eigenvalue weighted by atomic mass is 15.3. The standard InChI is InChI=1S/C14H18N4/c1-14(2)12-8-16-7-10(12)9-18(14)13-5-3-4-11(6-15)17-13/h3-5,10,12,16H,7-9H2,1-2H3. The van der Waals surface area contributed by atoms with Crippen molar-refractivity contribution in [2.24, 2.45) is 11.8 Å². The highest BCUT2D eigenvalue weighted by Gasteiger charge is 2.49. The Morgan fingerprint density at radius 2 is 2.28 bits per heavy atom. The second-order valence-electron chi connectivity index (χ2n) is 5.78. The van der Waals surface area contributed by atoms with Crippen LogP contribution in [-0.2, 0) is 0 Å². The van der Waals surface area contributed by atoms with Crippen LogP contribution in [0.4, 0.5) is 5.82 Å². The van der Waals surface area contributed by atoms with Crippen LogP contribution in [0.3, 0.4) is 0 Å². The lowest BCUT2D eigenvalue weighted by Crippen LogP contribution is -2.45. The largest absolute Gasteiger partial charge is 0.351 e. The minimum Gasteiger partial charge on any atom is -0.351 e. The molecule has 0 amide bonds. The molecule has 0 aromatic carbocycles. The number of nitrogens with one attached hydrogen (secondary N) is 1. The Morgan fingerprint density at radius 1 is 1.44 bits per heavy atom. The summed E-state index contributed by atoms with van der Waals surface area (Å²) in [5.41, 5.74) is 0.605. The number of rotatable bonds is 1. The van der Waals surface area contributed by atoms with Gasteiger partial charge in [0.25, 0.3) is 0 Å². The van der Waals surface area contributed by atoms with Crippen LogP contribution < -0.4 is 10.2 Å². The maximum absolute atomic E-state index is 8.96. The second-order valence-corrected chi connectivity index (χ2v) is 5.78. The molecule has 2 fully saturated rings. The molecule has 0 radical (unpaired) electrons. The molecule has 2 aliphatic heterocycles. The molecule has 4 heteroatoms. The van der Waals surface area contributed by atoms with Gasteiger partial charge in [-0.15, -0.1) is 0 Å². The van der Waals surface area contributed by atoms with Crippen molar-refractivity contribution >= 4 is 5.82 Å². The first kappa shape index (κ1) is 11.5. The molecule has 4 nitrogen and oxygen atoms in total. The van der Waals surface area contributed by atoms with E-state index in [1.54, 1.807) is 6.07 Å². The van der Waals surface area contributed by atoms with Crippen LogP contribution in [0.2, 0.25) is 0 Å². The zero-order valence-electron chi connectivity index (χ0n) is 10.8. The third kappa shape index (κ3) is 1.58. The fraction of sp³-hybridized carbons (Fsp3) is 0.571. The van der Waals surface area contributed by atoms with Crippen molar-refractivity contribution in [3.63, 3.8) is 0 Å². The molecule has 2 saturated heterocycles. The van der Waals surface area contributed by atoms with Gasteiger partial charge in [0, 0.05) is 25.2 Å². The zero-order valence-corrected chi connectivity index (χ0v) is 10.8. The molecular formula is C14H18N4. The molecule has 0 saturated carbocycles. The summed E-state index contributed by atoms with van der Waals surface area (Å²) in [6.07, 6.45) is 0. The van der Waals surface area contributed by atoms with Gasteiger partial charge in [0.2, 0.25) is 0 Å². The zero-order chi connectivity index (χ0) is 12.8. The number of nitrogens with zero attached hydrogens (tertiary/aromatic N) is 3. The average Bonchev–Trinajstić information content (AvgIpc) is 2.92. The first-order chi connectivity index (χ1) is 8.63. The molecule has 2 aliphatic rings. The van der Waals surface area contributed by atoms with Crippen molar-refractivity contribution in [1.29, 1.82) is 5.26 Å². The quantitative estimate of drug-likeness (QED) is 0.808. The highest BCUT2D eigenvalue weighted by Crippen LogP contribution is 2.42. The van der Waals surface area contributed by atoms with Crippen LogP contribution in [0, 0.1) is 23.2 Å². The Hall–Kier alpha value is -1.60. The first-order valence-corrected chi connectivity index (χ1v) is 6.48. The average molecular weight is 242 g/mol. The van der Waals surface area contributed by atoms with E-state index in [1.807, 2.05) is 12.1 Å². The van der Waals surface area contributed by atoms with Crippen molar-refractivity contribution in [2.45, 2.75) is 19.4 Å². The highest BCUT2D eigenvalue weighted by molar-refractivity contribution is 5.47. The predicted molar refractivity (Wildman–Crippen MR) is 70.2 cm³/mol. The van der Waals surface area contributed by atoms with Crippen LogP contribution >= 0.6 is 0 Å². The summed E-state index contributed by atoms with van der Waals surface area (Å²) in [4.78, 5) is 6.81. The number of nitriles is 1. The Bertz CT molecular complexity index is 503. The van der Waals surface area contributed by atoms with Gasteiger partial charge in [-0.05, 0) is 37.8 Å². The van der Waals surface area contributed by atoms with Crippen LogP contribution in [0.25, 0.3) is 0 Å². The molecule has 2 unspecified atom stereocenters. The Kier molecular flexibility index (Phi) is 2.53. The van der Waals surface area contributed by atoms with Gasteiger partial charge in [0.1, 0.15) is 17.6 Å². The van der Waals surface area contributed by atoms with Crippen LogP contribution in [0.5, 0.6) is 0 Å². The van der Waals surface area contributed by atoms with Gasteiger partial charge in [-0.2, -0.15) is 5.26 Å². The maximum Gasteiger partial charge on any atom is 0.142 e. The van der Waals surface area contributed by atoms with Gasteiger partial charge < -0.3 is 10.2 Å². The van der Waals surface area contributed by atoms with E-state index in [-0.39, 0.29) is 5.54 Å². The van der Waals surface area contributed by atoms with E-state index < -0.39 is 0 Å². The first-order valence-electron chi connectivity index (χ1n) is 6.48. The van der Waals surface area contributed by atoms with Gasteiger partial charge >= 0.3 is 0 Å². The number of fused-ring (bicyclic) bond motifs is 1. The SMILES string of the molecule is CC1(C)C2CNCC2CN1c1cccc(C#N)n1. The monoisotopic (exact) mass is 242 g/mol. The fourth-order valence-electron chi connectivity index (χ4n) is 3.45. The Labute approximate surface area is 108 Å². The van der Waals surface area contributed by atoms with E-state index in [0.29, 0.717) is 17.5 Å². The summed E-state index contributed by atoms with van der Waals surface area (Å²) in [5, 5.41) is 12.4. The summed E-state index contributed by atoms with van der Waals surface area (Å²) >= 11 is 0. The molecule has 3 rings (SSSR count). The van der Waals surface area contributed by atoms with Crippen molar-refractivity contribution in [3.8, 4) is 6.07 Å². The van der Waals surface area contributed by atoms with Gasteiger partial charge in [-0.25, -0.2) is 4.98 Å². The summed E-state index contributed by atoms with van der Waals surface area (Å²) < 4.78 is 0. The normalized spacial score (nSPS) is 29.1. The topological polar surface area (TPSA) is 52.0 Å². The maximum atomic E-state index is 8.96. The smallest absolute Gasteiger partial charge is 0.142 e. The summed E-state index contributed by atoms with van der Waals surface area (Å²) in [6.45, 7) is 7.79. The molecule has 0 aliphatic carbocycles. The number of hydrogen-bond donors (Lipinski definition) is 1. The third-order valence-corrected chi connectivity index (χ3v) is 4.49. The summed E-state index contributed by atoms with van der Waals surface area (Å²) in [5.74, 6) is 2.31. The minimum absolute atomic E-state index is 0.106. The minimum atomic E-state index is 0.106. The summed E-state index contributed by atoms with van der Waals surface area (Å²) in [7, 11) is 0. The van der Waals surface area contributed by atoms with Crippen molar-refractivity contribution < 1.29 is 0 Å². The van der Waals surface area contributed by atoms with Gasteiger partial charge in [-0.3, -0.25) is 0 Å². The van der Waals surface area contributed by atoms with Crippen molar-refractivity contribution in [3.05, 3.63) is 23.9 Å². The third-order valence-electron chi connectivity index (χ3n) is 4.49. The van der Waals surface area contributed by atoms with Crippen molar-refractivity contribution in [2.75, 3.05) is 24.5 Å². The van der Waals surface area contributed by atoms with Crippen molar-refractivity contribution in [1.82, 2.24) is 10.3 Å². The Balaban J connectivity index is 1.95.